The number of nitrogens with zero attached hydrogens (tertiary/aromatic N) is 2. The van der Waals surface area contributed by atoms with Crippen LogP contribution in [0.25, 0.3) is 10.9 Å². The van der Waals surface area contributed by atoms with Gasteiger partial charge in [-0.3, -0.25) is 0 Å². The van der Waals surface area contributed by atoms with E-state index in [-0.39, 0.29) is 6.54 Å². The fourth-order valence-corrected chi connectivity index (χ4v) is 3.13. The average Bonchev–Trinajstić information content (AvgIpc) is 2.59. The van der Waals surface area contributed by atoms with Crippen molar-refractivity contribution in [2.24, 2.45) is 5.73 Å². The van der Waals surface area contributed by atoms with Crippen LogP contribution in [-0.2, 0) is 13.1 Å². The van der Waals surface area contributed by atoms with Gasteiger partial charge in [-0.1, -0.05) is 35.3 Å². The Kier molecular flexibility index (Phi) is 5.04. The van der Waals surface area contributed by atoms with Gasteiger partial charge < -0.3 is 15.8 Å². The van der Waals surface area contributed by atoms with Gasteiger partial charge in [-0.2, -0.15) is 0 Å². The molecule has 3 N–H and O–H groups in total. The molecule has 0 aliphatic carbocycles. The number of nitrogens with two attached hydrogens (primary N) is 1. The summed E-state index contributed by atoms with van der Waals surface area (Å²) in [6.07, 6.45) is 0. The molecule has 1 aromatic heterocycles. The molecule has 3 rings (SSSR count). The van der Waals surface area contributed by atoms with Gasteiger partial charge in [-0.15, -0.1) is 0 Å². The summed E-state index contributed by atoms with van der Waals surface area (Å²) < 4.78 is 5.16. The summed E-state index contributed by atoms with van der Waals surface area (Å²) in [5, 5.41) is 5.18. The Morgan fingerprint density at radius 3 is 2.50 bits per heavy atom. The van der Waals surface area contributed by atoms with Gasteiger partial charge in [0.2, 0.25) is 0 Å². The lowest BCUT2D eigenvalue weighted by molar-refractivity contribution is 0.415. The minimum Gasteiger partial charge on any atom is -0.494 e. The highest BCUT2D eigenvalue weighted by Gasteiger charge is 2.10. The van der Waals surface area contributed by atoms with Crippen LogP contribution >= 0.6 is 23.2 Å². The van der Waals surface area contributed by atoms with Gasteiger partial charge >= 0.3 is 0 Å². The molecule has 3 aromatic rings. The number of hydrogen-bond donors (Lipinski definition) is 2. The number of para-hydroxylation sites is 1. The summed E-state index contributed by atoms with van der Waals surface area (Å²) in [4.78, 5) is 8.90. The van der Waals surface area contributed by atoms with Crippen LogP contribution in [-0.4, -0.2) is 17.1 Å². The number of halogens is 2. The lowest BCUT2D eigenvalue weighted by atomic mass is 10.2. The Bertz CT molecular complexity index is 863. The number of anilines is 1. The molecular formula is C17H16Cl2N4O. The second-order valence-corrected chi connectivity index (χ2v) is 5.97. The summed E-state index contributed by atoms with van der Waals surface area (Å²) >= 11 is 12.4. The fourth-order valence-electron chi connectivity index (χ4n) is 2.45. The van der Waals surface area contributed by atoms with Crippen LogP contribution in [0.15, 0.2) is 36.4 Å². The van der Waals surface area contributed by atoms with Crippen molar-refractivity contribution in [1.82, 2.24) is 9.97 Å². The zero-order chi connectivity index (χ0) is 17.1. The number of methoxy groups -OCH3 is 1. The van der Waals surface area contributed by atoms with Crippen molar-refractivity contribution in [3.63, 3.8) is 0 Å². The molecule has 0 saturated heterocycles. The van der Waals surface area contributed by atoms with Crippen molar-refractivity contribution in [3.05, 3.63) is 57.8 Å². The topological polar surface area (TPSA) is 73.1 Å². The van der Waals surface area contributed by atoms with Crippen LogP contribution in [0.4, 0.5) is 5.82 Å². The van der Waals surface area contributed by atoms with E-state index in [9.17, 15) is 0 Å². The van der Waals surface area contributed by atoms with E-state index < -0.39 is 0 Å². The molecule has 0 atom stereocenters. The summed E-state index contributed by atoms with van der Waals surface area (Å²) in [7, 11) is 1.53. The molecule has 0 aliphatic rings. The highest BCUT2D eigenvalue weighted by molar-refractivity contribution is 6.37. The van der Waals surface area contributed by atoms with Gasteiger partial charge in [0.25, 0.3) is 0 Å². The van der Waals surface area contributed by atoms with Crippen LogP contribution in [0, 0.1) is 0 Å². The van der Waals surface area contributed by atoms with Crippen LogP contribution in [0.3, 0.4) is 0 Å². The van der Waals surface area contributed by atoms with E-state index in [1.165, 1.54) is 7.11 Å². The van der Waals surface area contributed by atoms with Gasteiger partial charge in [0.15, 0.2) is 5.75 Å². The van der Waals surface area contributed by atoms with Crippen LogP contribution in [0.5, 0.6) is 5.75 Å². The predicted octanol–water partition coefficient (Wildman–Crippen LogP) is 4.02. The van der Waals surface area contributed by atoms with Gasteiger partial charge in [0.1, 0.15) is 11.6 Å². The second-order valence-electron chi connectivity index (χ2n) is 5.16. The number of ether oxygens (including phenoxy) is 1. The molecule has 0 saturated carbocycles. The Balaban J connectivity index is 1.91. The Morgan fingerprint density at radius 1 is 1.12 bits per heavy atom. The highest BCUT2D eigenvalue weighted by Crippen LogP contribution is 2.34. The molecular weight excluding hydrogens is 347 g/mol. The molecule has 0 aliphatic heterocycles. The lowest BCUT2D eigenvalue weighted by Crippen LogP contribution is -2.08. The van der Waals surface area contributed by atoms with Gasteiger partial charge in [0, 0.05) is 11.9 Å². The zero-order valence-electron chi connectivity index (χ0n) is 13.0. The average molecular weight is 363 g/mol. The standard InChI is InChI=1S/C17H16Cl2N4O/c1-24-16-12(18)6-10(7-13(16)19)9-21-17-11-4-2-3-5-14(11)22-15(8-20)23-17/h2-7H,8-9,20H2,1H3,(H,21,22,23). The van der Waals surface area contributed by atoms with E-state index in [0.717, 1.165) is 22.3 Å². The van der Waals surface area contributed by atoms with Crippen molar-refractivity contribution in [3.8, 4) is 5.75 Å². The number of rotatable bonds is 5. The van der Waals surface area contributed by atoms with E-state index in [4.69, 9.17) is 33.7 Å². The third kappa shape index (κ3) is 3.38. The molecule has 124 valence electrons. The molecule has 1 heterocycles. The largest absolute Gasteiger partial charge is 0.494 e. The van der Waals surface area contributed by atoms with E-state index in [2.05, 4.69) is 15.3 Å². The van der Waals surface area contributed by atoms with Gasteiger partial charge in [-0.25, -0.2) is 9.97 Å². The van der Waals surface area contributed by atoms with Gasteiger partial charge in [-0.05, 0) is 29.8 Å². The molecule has 0 unspecified atom stereocenters. The first-order chi connectivity index (χ1) is 11.6. The fraction of sp³-hybridized carbons (Fsp3) is 0.176. The maximum Gasteiger partial charge on any atom is 0.156 e. The number of nitrogens with one attached hydrogen (secondary N) is 1. The van der Waals surface area contributed by atoms with E-state index in [1.807, 2.05) is 36.4 Å². The Labute approximate surface area is 149 Å². The molecule has 24 heavy (non-hydrogen) atoms. The molecule has 7 heteroatoms. The number of hydrogen-bond acceptors (Lipinski definition) is 5. The molecule has 5 nitrogen and oxygen atoms in total. The Morgan fingerprint density at radius 2 is 1.83 bits per heavy atom. The normalized spacial score (nSPS) is 10.8. The molecule has 0 bridgehead atoms. The molecule has 0 fully saturated rings. The van der Waals surface area contributed by atoms with Crippen LogP contribution < -0.4 is 15.8 Å². The van der Waals surface area contributed by atoms with Crippen molar-refractivity contribution in [2.75, 3.05) is 12.4 Å². The minimum absolute atomic E-state index is 0.277. The highest BCUT2D eigenvalue weighted by atomic mass is 35.5. The first kappa shape index (κ1) is 16.8. The number of aromatic nitrogens is 2. The predicted molar refractivity (Wildman–Crippen MR) is 97.8 cm³/mol. The van der Waals surface area contributed by atoms with Crippen molar-refractivity contribution in [2.45, 2.75) is 13.1 Å². The number of benzene rings is 2. The maximum absolute atomic E-state index is 6.18. The summed E-state index contributed by atoms with van der Waals surface area (Å²) in [5.74, 6) is 1.78. The van der Waals surface area contributed by atoms with Crippen molar-refractivity contribution in [1.29, 1.82) is 0 Å². The number of fused-ring (bicyclic) bond motifs is 1. The Hall–Kier alpha value is -2.08. The van der Waals surface area contributed by atoms with Crippen molar-refractivity contribution >= 4 is 39.9 Å². The second kappa shape index (κ2) is 7.21. The van der Waals surface area contributed by atoms with E-state index in [0.29, 0.717) is 28.2 Å². The van der Waals surface area contributed by atoms with Crippen LogP contribution in [0.1, 0.15) is 11.4 Å². The first-order valence-corrected chi connectivity index (χ1v) is 8.09. The van der Waals surface area contributed by atoms with Crippen LogP contribution in [0.2, 0.25) is 10.0 Å². The quantitative estimate of drug-likeness (QED) is 0.716. The SMILES string of the molecule is COc1c(Cl)cc(CNc2nc(CN)nc3ccccc23)cc1Cl. The maximum atomic E-state index is 6.18. The third-order valence-electron chi connectivity index (χ3n) is 3.55. The molecule has 0 amide bonds. The van der Waals surface area contributed by atoms with Gasteiger partial charge in [0.05, 0.1) is 29.2 Å². The zero-order valence-corrected chi connectivity index (χ0v) is 14.5. The first-order valence-electron chi connectivity index (χ1n) is 7.34. The molecule has 2 aromatic carbocycles. The third-order valence-corrected chi connectivity index (χ3v) is 4.12. The summed E-state index contributed by atoms with van der Waals surface area (Å²) in [6.45, 7) is 0.786. The summed E-state index contributed by atoms with van der Waals surface area (Å²) in [5.41, 5.74) is 7.45. The summed E-state index contributed by atoms with van der Waals surface area (Å²) in [6, 6.07) is 11.4. The van der Waals surface area contributed by atoms with Crippen molar-refractivity contribution < 1.29 is 4.74 Å². The smallest absolute Gasteiger partial charge is 0.156 e. The minimum atomic E-state index is 0.277. The van der Waals surface area contributed by atoms with E-state index in [1.54, 1.807) is 0 Å². The monoisotopic (exact) mass is 362 g/mol. The molecule has 0 radical (unpaired) electrons. The van der Waals surface area contributed by atoms with E-state index >= 15 is 0 Å². The molecule has 0 spiro atoms. The lowest BCUT2D eigenvalue weighted by Gasteiger charge is -2.12.